The van der Waals surface area contributed by atoms with E-state index in [0.717, 1.165) is 22.4 Å². The van der Waals surface area contributed by atoms with Gasteiger partial charge in [-0.25, -0.2) is 4.98 Å². The average molecular weight is 527 g/mol. The Bertz CT molecular complexity index is 1710. The first-order valence-electron chi connectivity index (χ1n) is 12.5. The van der Waals surface area contributed by atoms with Crippen molar-refractivity contribution < 1.29 is 14.0 Å². The number of ketones is 1. The zero-order chi connectivity index (χ0) is 27.3. The van der Waals surface area contributed by atoms with Crippen molar-refractivity contribution in [2.75, 3.05) is 18.8 Å². The molecule has 0 aliphatic carbocycles. The van der Waals surface area contributed by atoms with Gasteiger partial charge in [-0.15, -0.1) is 10.2 Å². The molecule has 0 atom stereocenters. The number of nitrogen functional groups attached to an aromatic ring is 1. The van der Waals surface area contributed by atoms with E-state index in [1.807, 2.05) is 25.4 Å². The molecule has 1 aliphatic heterocycles. The zero-order valence-corrected chi connectivity index (χ0v) is 21.7. The van der Waals surface area contributed by atoms with Crippen LogP contribution in [0.3, 0.4) is 0 Å². The molecule has 0 unspecified atom stereocenters. The molecule has 1 amide bonds. The fourth-order valence-electron chi connectivity index (χ4n) is 5.04. The van der Waals surface area contributed by atoms with Crippen molar-refractivity contribution in [3.05, 3.63) is 60.0 Å². The third-order valence-electron chi connectivity index (χ3n) is 7.02. The minimum absolute atomic E-state index is 0.0220. The van der Waals surface area contributed by atoms with Crippen LogP contribution in [0.1, 0.15) is 58.3 Å². The zero-order valence-electron chi connectivity index (χ0n) is 21.7. The summed E-state index contributed by atoms with van der Waals surface area (Å²) in [5.41, 5.74) is 11.3. The average Bonchev–Trinajstić information content (AvgIpc) is 3.68. The maximum Gasteiger partial charge on any atom is 0.311 e. The Morgan fingerprint density at radius 1 is 1.05 bits per heavy atom. The summed E-state index contributed by atoms with van der Waals surface area (Å²) in [5, 5.41) is 16.2. The van der Waals surface area contributed by atoms with Crippen molar-refractivity contribution in [2.45, 2.75) is 32.6 Å². The highest BCUT2D eigenvalue weighted by Gasteiger charge is 2.31. The lowest BCUT2D eigenvalue weighted by Crippen LogP contribution is -2.38. The highest BCUT2D eigenvalue weighted by molar-refractivity contribution is 6.00. The fourth-order valence-corrected chi connectivity index (χ4v) is 5.04. The Hall–Kier alpha value is -4.94. The maximum absolute atomic E-state index is 12.8. The van der Waals surface area contributed by atoms with Gasteiger partial charge >= 0.3 is 11.8 Å². The smallest absolute Gasteiger partial charge is 0.311 e. The normalized spacial score (nSPS) is 14.3. The number of anilines is 1. The van der Waals surface area contributed by atoms with Gasteiger partial charge in [-0.3, -0.25) is 19.3 Å². The molecule has 5 aromatic heterocycles. The van der Waals surface area contributed by atoms with Crippen LogP contribution in [0.5, 0.6) is 0 Å². The van der Waals surface area contributed by atoms with E-state index < -0.39 is 0 Å². The van der Waals surface area contributed by atoms with E-state index in [1.54, 1.807) is 35.1 Å². The third-order valence-corrected chi connectivity index (χ3v) is 7.02. The van der Waals surface area contributed by atoms with Gasteiger partial charge < -0.3 is 15.1 Å². The Balaban J connectivity index is 1.32. The standard InChI is InChI=1S/C26H26N10O3/c1-14(37)21-22(16-6-8-35(9-7-16)26(38)25-33-32-15(2)39-25)31-24-19(12-30-36(24)23(21)27)17-4-5-20(28-10-17)18-11-29-34(3)13-18/h4-5,10-13,16H,6-9,27H2,1-3H3. The van der Waals surface area contributed by atoms with Crippen LogP contribution in [0.2, 0.25) is 0 Å². The number of carbonyl (C=O) groups excluding carboxylic acids is 2. The molecule has 13 nitrogen and oxygen atoms in total. The maximum atomic E-state index is 12.8. The Morgan fingerprint density at radius 2 is 1.85 bits per heavy atom. The summed E-state index contributed by atoms with van der Waals surface area (Å²) in [6.07, 6.45) is 8.31. The summed E-state index contributed by atoms with van der Waals surface area (Å²) in [7, 11) is 1.86. The molecule has 5 aromatic rings. The molecule has 0 saturated carbocycles. The summed E-state index contributed by atoms with van der Waals surface area (Å²) in [5.74, 6) is 0.00412. The first-order chi connectivity index (χ1) is 18.8. The van der Waals surface area contributed by atoms with Gasteiger partial charge in [-0.2, -0.15) is 14.7 Å². The molecular formula is C26H26N10O3. The molecular weight excluding hydrogens is 500 g/mol. The second kappa shape index (κ2) is 9.42. The Morgan fingerprint density at radius 3 is 2.46 bits per heavy atom. The van der Waals surface area contributed by atoms with Gasteiger partial charge in [0.15, 0.2) is 11.4 Å². The van der Waals surface area contributed by atoms with E-state index in [0.29, 0.717) is 48.7 Å². The van der Waals surface area contributed by atoms with Gasteiger partial charge in [0.1, 0.15) is 5.82 Å². The number of hydrogen-bond donors (Lipinski definition) is 1. The number of Topliss-reactive ketones (excluding diaryl/α,β-unsaturated/α-hetero) is 1. The second-order valence-electron chi connectivity index (χ2n) is 9.63. The van der Waals surface area contributed by atoms with Crippen LogP contribution in [0.15, 0.2) is 41.3 Å². The number of fused-ring (bicyclic) bond motifs is 1. The largest absolute Gasteiger partial charge is 0.417 e. The van der Waals surface area contributed by atoms with Crippen LogP contribution in [0.4, 0.5) is 5.82 Å². The van der Waals surface area contributed by atoms with Crippen molar-refractivity contribution in [3.8, 4) is 22.4 Å². The summed E-state index contributed by atoms with van der Waals surface area (Å²) in [4.78, 5) is 36.7. The first kappa shape index (κ1) is 24.4. The molecule has 0 aromatic carbocycles. The molecule has 39 heavy (non-hydrogen) atoms. The Labute approximate surface area is 222 Å². The number of aryl methyl sites for hydroxylation is 2. The molecule has 0 spiro atoms. The van der Waals surface area contributed by atoms with Crippen LogP contribution in [-0.2, 0) is 7.05 Å². The molecule has 1 saturated heterocycles. The molecule has 0 bridgehead atoms. The summed E-state index contributed by atoms with van der Waals surface area (Å²) >= 11 is 0. The number of amides is 1. The van der Waals surface area contributed by atoms with Crippen LogP contribution in [-0.4, -0.2) is 69.2 Å². The molecule has 13 heteroatoms. The van der Waals surface area contributed by atoms with Crippen LogP contribution in [0, 0.1) is 6.92 Å². The van der Waals surface area contributed by atoms with E-state index in [4.69, 9.17) is 15.1 Å². The highest BCUT2D eigenvalue weighted by atomic mass is 16.4. The molecule has 6 rings (SSSR count). The van der Waals surface area contributed by atoms with Crippen molar-refractivity contribution in [1.82, 2.24) is 44.5 Å². The summed E-state index contributed by atoms with van der Waals surface area (Å²) in [6, 6.07) is 3.87. The molecule has 1 aliphatic rings. The highest BCUT2D eigenvalue weighted by Crippen LogP contribution is 2.35. The topological polar surface area (TPSA) is 163 Å². The molecule has 6 heterocycles. The quantitative estimate of drug-likeness (QED) is 0.337. The predicted molar refractivity (Wildman–Crippen MR) is 140 cm³/mol. The lowest BCUT2D eigenvalue weighted by molar-refractivity contribution is 0.0669. The predicted octanol–water partition coefficient (Wildman–Crippen LogP) is 2.69. The van der Waals surface area contributed by atoms with Crippen molar-refractivity contribution in [1.29, 1.82) is 0 Å². The number of aromatic nitrogens is 8. The van der Waals surface area contributed by atoms with E-state index >= 15 is 0 Å². The molecule has 2 N–H and O–H groups in total. The van der Waals surface area contributed by atoms with Crippen molar-refractivity contribution in [2.24, 2.45) is 7.05 Å². The lowest BCUT2D eigenvalue weighted by Gasteiger charge is -2.31. The van der Waals surface area contributed by atoms with Gasteiger partial charge in [0.2, 0.25) is 5.89 Å². The van der Waals surface area contributed by atoms with E-state index in [2.05, 4.69) is 25.4 Å². The third kappa shape index (κ3) is 4.31. The van der Waals surface area contributed by atoms with Crippen LogP contribution < -0.4 is 5.73 Å². The Kier molecular flexibility index (Phi) is 5.89. The number of hydrogen-bond acceptors (Lipinski definition) is 10. The van der Waals surface area contributed by atoms with Gasteiger partial charge in [0.05, 0.1) is 29.3 Å². The number of nitrogens with zero attached hydrogens (tertiary/aromatic N) is 9. The van der Waals surface area contributed by atoms with E-state index in [-0.39, 0.29) is 29.3 Å². The van der Waals surface area contributed by atoms with Gasteiger partial charge in [-0.1, -0.05) is 6.07 Å². The molecule has 198 valence electrons. The van der Waals surface area contributed by atoms with Crippen LogP contribution in [0.25, 0.3) is 28.0 Å². The number of likely N-dealkylation sites (tertiary alicyclic amines) is 1. The van der Waals surface area contributed by atoms with Gasteiger partial charge in [0.25, 0.3) is 0 Å². The number of carbonyl (C=O) groups is 2. The molecule has 0 radical (unpaired) electrons. The molecule has 1 fully saturated rings. The van der Waals surface area contributed by atoms with Crippen molar-refractivity contribution in [3.63, 3.8) is 0 Å². The number of pyridine rings is 1. The number of rotatable bonds is 5. The number of piperidine rings is 1. The fraction of sp³-hybridized carbons (Fsp3) is 0.308. The lowest BCUT2D eigenvalue weighted by atomic mass is 9.89. The van der Waals surface area contributed by atoms with Gasteiger partial charge in [-0.05, 0) is 25.8 Å². The minimum atomic E-state index is -0.302. The SMILES string of the molecule is CC(=O)c1c(C2CCN(C(=O)c3nnc(C)o3)CC2)nc2c(-c3ccc(-c4cnn(C)c4)nc3)cnn2c1N. The number of nitrogens with two attached hydrogens (primary N) is 1. The second-order valence-corrected chi connectivity index (χ2v) is 9.63. The monoisotopic (exact) mass is 526 g/mol. The van der Waals surface area contributed by atoms with Gasteiger partial charge in [0, 0.05) is 62.1 Å². The van der Waals surface area contributed by atoms with E-state index in [9.17, 15) is 9.59 Å². The first-order valence-corrected chi connectivity index (χ1v) is 12.5. The summed E-state index contributed by atoms with van der Waals surface area (Å²) in [6.45, 7) is 4.04. The minimum Gasteiger partial charge on any atom is -0.417 e. The summed E-state index contributed by atoms with van der Waals surface area (Å²) < 4.78 is 8.53. The van der Waals surface area contributed by atoms with E-state index in [1.165, 1.54) is 11.4 Å². The van der Waals surface area contributed by atoms with Crippen molar-refractivity contribution >= 4 is 23.2 Å². The van der Waals surface area contributed by atoms with Crippen LogP contribution >= 0.6 is 0 Å².